The van der Waals surface area contributed by atoms with Gasteiger partial charge in [0.15, 0.2) is 0 Å². The van der Waals surface area contributed by atoms with E-state index in [0.29, 0.717) is 11.1 Å². The molecule has 0 N–H and O–H groups in total. The van der Waals surface area contributed by atoms with Gasteiger partial charge in [0.1, 0.15) is 0 Å². The Bertz CT molecular complexity index is 1360. The monoisotopic (exact) mass is 681 g/mol. The molecule has 0 aliphatic rings. The van der Waals surface area contributed by atoms with E-state index in [0.717, 1.165) is 34.2 Å². The van der Waals surface area contributed by atoms with E-state index >= 15 is 0 Å². The van der Waals surface area contributed by atoms with Crippen molar-refractivity contribution in [3.8, 4) is 22.6 Å². The number of hydrogen-bond donors (Lipinski definition) is 0. The molecule has 9 nitrogen and oxygen atoms in total. The van der Waals surface area contributed by atoms with Crippen molar-refractivity contribution in [2.75, 3.05) is 0 Å². The van der Waals surface area contributed by atoms with Gasteiger partial charge in [0.25, 0.3) is 0 Å². The van der Waals surface area contributed by atoms with Gasteiger partial charge in [-0.1, -0.05) is 48.5 Å². The minimum absolute atomic E-state index is 0. The minimum atomic E-state index is -1.26. The molecule has 5 rings (SSSR count). The van der Waals surface area contributed by atoms with E-state index in [2.05, 4.69) is 52.7 Å². The van der Waals surface area contributed by atoms with Crippen molar-refractivity contribution in [1.82, 2.24) is 29.1 Å². The molecule has 38 heavy (non-hydrogen) atoms. The van der Waals surface area contributed by atoms with Crippen LogP contribution < -0.4 is 10.2 Å². The fourth-order valence-corrected chi connectivity index (χ4v) is 4.64. The van der Waals surface area contributed by atoms with Crippen molar-refractivity contribution < 1.29 is 36.8 Å². The quantitative estimate of drug-likeness (QED) is 0.270. The Kier molecular flexibility index (Phi) is 10.3. The fourth-order valence-electron chi connectivity index (χ4n) is 4.64. The maximum atomic E-state index is 11.4. The minimum Gasteiger partial charge on any atom is -2.00 e. The summed E-state index contributed by atoms with van der Waals surface area (Å²) in [4.78, 5) is 0. The van der Waals surface area contributed by atoms with Gasteiger partial charge in [-0.05, 0) is 88.0 Å². The molecule has 0 fully saturated rings. The van der Waals surface area contributed by atoms with E-state index < -0.39 is 7.12 Å². The van der Waals surface area contributed by atoms with Gasteiger partial charge in [0.2, 0.25) is 0 Å². The van der Waals surface area contributed by atoms with Crippen LogP contribution in [0.4, 0.5) is 0 Å². The molecule has 200 valence electrons. The van der Waals surface area contributed by atoms with E-state index in [4.69, 9.17) is 15.3 Å². The molecule has 3 aromatic heterocycles. The average molecular weight is 681 g/mol. The Morgan fingerprint density at radius 3 is 1.08 bits per heavy atom. The molecular weight excluding hydrogens is 651 g/mol. The third-order valence-electron chi connectivity index (χ3n) is 6.18. The number of para-hydroxylation sites is 2. The topological polar surface area (TPSA) is 128 Å². The van der Waals surface area contributed by atoms with Gasteiger partial charge >= 0.3 is 7.12 Å². The van der Waals surface area contributed by atoms with E-state index in [1.54, 1.807) is 36.4 Å². The number of aryl methyl sites for hydroxylation is 6. The summed E-state index contributed by atoms with van der Waals surface area (Å²) in [5.41, 5.74) is 7.35. The number of benzene rings is 2. The predicted octanol–water partition coefficient (Wildman–Crippen LogP) is 3.17. The molecular formula is C27H30BN6O3W-5. The summed E-state index contributed by atoms with van der Waals surface area (Å²) < 4.78 is 6.19. The maximum Gasteiger partial charge on any atom is 0.326 e. The first-order valence-corrected chi connectivity index (χ1v) is 11.9. The van der Waals surface area contributed by atoms with Crippen LogP contribution in [0.5, 0.6) is 11.5 Å². The number of hydrogen-bond acceptors (Lipinski definition) is 5. The Morgan fingerprint density at radius 2 is 0.842 bits per heavy atom. The molecule has 0 unspecified atom stereocenters. The molecule has 3 heterocycles. The number of rotatable bonds is 4. The molecule has 0 saturated heterocycles. The third kappa shape index (κ3) is 6.44. The zero-order chi connectivity index (χ0) is 26.0. The Labute approximate surface area is 237 Å². The van der Waals surface area contributed by atoms with Crippen molar-refractivity contribution in [3.63, 3.8) is 0 Å². The van der Waals surface area contributed by atoms with Crippen molar-refractivity contribution in [2.45, 2.75) is 41.5 Å². The van der Waals surface area contributed by atoms with Crippen LogP contribution in [0.25, 0.3) is 11.1 Å². The number of aromatic nitrogens is 6. The number of nitrogens with zero attached hydrogens (tertiary/aromatic N) is 6. The molecule has 0 bridgehead atoms. The maximum absolute atomic E-state index is 11.4. The second-order valence-electron chi connectivity index (χ2n) is 9.20. The second kappa shape index (κ2) is 12.8. The van der Waals surface area contributed by atoms with Crippen molar-refractivity contribution >= 4 is 7.12 Å². The summed E-state index contributed by atoms with van der Waals surface area (Å²) in [5, 5.41) is 37.0. The van der Waals surface area contributed by atoms with Gasteiger partial charge in [0.05, 0.1) is 17.1 Å². The summed E-state index contributed by atoms with van der Waals surface area (Å²) in [6.45, 7) is 12.3. The Morgan fingerprint density at radius 1 is 0.553 bits per heavy atom. The SMILES string of the molecule is Cc1cc(C)n([BH-](n2nc(C)cc2C)n2nc(C)cc2C)n1.[O-2].[O-]c1ccccc1-c1ccccc1[O-].[W]. The molecule has 0 aliphatic carbocycles. The van der Waals surface area contributed by atoms with E-state index in [1.807, 2.05) is 20.8 Å². The van der Waals surface area contributed by atoms with Crippen molar-refractivity contribution in [1.29, 1.82) is 0 Å². The zero-order valence-electron chi connectivity index (χ0n) is 22.4. The van der Waals surface area contributed by atoms with Crippen LogP contribution in [0, 0.1) is 41.5 Å². The summed E-state index contributed by atoms with van der Waals surface area (Å²) in [6, 6.07) is 19.4. The molecule has 11 heteroatoms. The van der Waals surface area contributed by atoms with Gasteiger partial charge in [-0.3, -0.25) is 0 Å². The Hall–Kier alpha value is -3.62. The standard InChI is InChI=1S/C15H22BN6.C12H10O2.O.W/c1-10-7-13(4)20(17-10)16(21-14(5)8-11(2)18-21)22-15(6)9-12(3)19-22;13-11-7-3-1-5-9(11)10-6-2-4-8-12(10)14;;/h7-9,16H,1-6H3;1-8,13-14H;;/q-1;;-2;/p-2. The summed E-state index contributed by atoms with van der Waals surface area (Å²) in [5.74, 6) is -0.230. The zero-order valence-corrected chi connectivity index (χ0v) is 25.3. The first-order valence-electron chi connectivity index (χ1n) is 11.9. The predicted molar refractivity (Wildman–Crippen MR) is 140 cm³/mol. The molecule has 0 atom stereocenters. The largest absolute Gasteiger partial charge is 2.00 e. The first kappa shape index (κ1) is 30.6. The van der Waals surface area contributed by atoms with E-state index in [1.165, 1.54) is 12.1 Å². The van der Waals surface area contributed by atoms with Crippen LogP contribution in [0.2, 0.25) is 0 Å². The molecule has 0 amide bonds. The average Bonchev–Trinajstić information content (AvgIpc) is 3.45. The van der Waals surface area contributed by atoms with E-state index in [-0.39, 0.29) is 38.0 Å². The van der Waals surface area contributed by atoms with E-state index in [9.17, 15) is 10.2 Å². The van der Waals surface area contributed by atoms with Gasteiger partial charge < -0.3 is 29.5 Å². The first-order chi connectivity index (χ1) is 17.2. The van der Waals surface area contributed by atoms with Gasteiger partial charge in [-0.2, -0.15) is 0 Å². The third-order valence-corrected chi connectivity index (χ3v) is 6.18. The van der Waals surface area contributed by atoms with Gasteiger partial charge in [-0.25, -0.2) is 15.3 Å². The molecule has 2 aromatic carbocycles. The van der Waals surface area contributed by atoms with Crippen LogP contribution in [0.15, 0.2) is 66.7 Å². The van der Waals surface area contributed by atoms with Crippen LogP contribution in [-0.4, -0.2) is 36.2 Å². The van der Waals surface area contributed by atoms with Crippen LogP contribution in [-0.2, 0) is 26.5 Å². The Balaban J connectivity index is 0.000000276. The summed E-state index contributed by atoms with van der Waals surface area (Å²) in [7, 11) is -1.26. The van der Waals surface area contributed by atoms with Gasteiger partial charge in [0, 0.05) is 21.1 Å². The molecule has 5 aromatic rings. The smallest absolute Gasteiger partial charge is 0.326 e. The molecule has 0 spiro atoms. The van der Waals surface area contributed by atoms with Gasteiger partial charge in [-0.15, -0.1) is 11.5 Å². The fraction of sp³-hybridized carbons (Fsp3) is 0.222. The second-order valence-corrected chi connectivity index (χ2v) is 9.20. The molecule has 0 aliphatic heterocycles. The van der Waals surface area contributed by atoms with Crippen LogP contribution in [0.1, 0.15) is 34.2 Å². The normalized spacial score (nSPS) is 10.4. The van der Waals surface area contributed by atoms with Crippen molar-refractivity contribution in [3.05, 3.63) is 101 Å². The summed E-state index contributed by atoms with van der Waals surface area (Å²) in [6.07, 6.45) is 0. The van der Waals surface area contributed by atoms with Crippen LogP contribution in [0.3, 0.4) is 0 Å². The summed E-state index contributed by atoms with van der Waals surface area (Å²) >= 11 is 0. The molecule has 0 saturated carbocycles. The van der Waals surface area contributed by atoms with Crippen LogP contribution >= 0.6 is 0 Å². The van der Waals surface area contributed by atoms with Crippen molar-refractivity contribution in [2.24, 2.45) is 0 Å². The molecule has 0 radical (unpaired) electrons.